The molecule has 1 aliphatic rings. The predicted molar refractivity (Wildman–Crippen MR) is 81.9 cm³/mol. The molecule has 0 spiro atoms. The maximum Gasteiger partial charge on any atom is 0.0177 e. The van der Waals surface area contributed by atoms with E-state index in [0.29, 0.717) is 5.41 Å². The molecule has 1 N–H and O–H groups in total. The third-order valence-electron chi connectivity index (χ3n) is 4.04. The first-order valence-electron chi connectivity index (χ1n) is 7.09. The molecular formula is C16H24BrN. The zero-order valence-electron chi connectivity index (χ0n) is 11.5. The van der Waals surface area contributed by atoms with Crippen molar-refractivity contribution in [2.24, 2.45) is 5.41 Å². The van der Waals surface area contributed by atoms with Gasteiger partial charge in [0, 0.05) is 10.5 Å². The lowest BCUT2D eigenvalue weighted by atomic mass is 9.82. The molecule has 0 radical (unpaired) electrons. The summed E-state index contributed by atoms with van der Waals surface area (Å²) in [5, 5.41) is 3.67. The van der Waals surface area contributed by atoms with Gasteiger partial charge < -0.3 is 5.32 Å². The molecule has 1 fully saturated rings. The Bertz CT molecular complexity index is 390. The summed E-state index contributed by atoms with van der Waals surface area (Å²) in [6, 6.07) is 9.50. The highest BCUT2D eigenvalue weighted by molar-refractivity contribution is 9.10. The number of hydrogen-bond donors (Lipinski definition) is 1. The van der Waals surface area contributed by atoms with Crippen LogP contribution in [0.1, 0.15) is 45.1 Å². The summed E-state index contributed by atoms with van der Waals surface area (Å²) in [5.41, 5.74) is 1.94. The summed E-state index contributed by atoms with van der Waals surface area (Å²) in [5.74, 6) is 0. The Morgan fingerprint density at radius 2 is 2.28 bits per heavy atom. The van der Waals surface area contributed by atoms with Crippen molar-refractivity contribution in [1.82, 2.24) is 5.32 Å². The van der Waals surface area contributed by atoms with Crippen LogP contribution in [0.3, 0.4) is 0 Å². The molecule has 0 heterocycles. The van der Waals surface area contributed by atoms with Gasteiger partial charge in [0.2, 0.25) is 0 Å². The fraction of sp³-hybridized carbons (Fsp3) is 0.625. The van der Waals surface area contributed by atoms with E-state index in [2.05, 4.69) is 59.4 Å². The van der Waals surface area contributed by atoms with E-state index in [1.165, 1.54) is 42.1 Å². The summed E-state index contributed by atoms with van der Waals surface area (Å²) in [7, 11) is 0. The normalized spacial score (nSPS) is 27.6. The minimum absolute atomic E-state index is 0.478. The van der Waals surface area contributed by atoms with Crippen molar-refractivity contribution >= 4 is 15.9 Å². The molecule has 2 heteroatoms. The van der Waals surface area contributed by atoms with Crippen LogP contribution in [-0.4, -0.2) is 12.6 Å². The summed E-state index contributed by atoms with van der Waals surface area (Å²) >= 11 is 3.56. The molecule has 2 unspecified atom stereocenters. The van der Waals surface area contributed by atoms with Crippen LogP contribution < -0.4 is 5.32 Å². The lowest BCUT2D eigenvalue weighted by Gasteiger charge is -2.24. The molecule has 2 rings (SSSR count). The molecule has 2 atom stereocenters. The predicted octanol–water partition coefficient (Wildman–Crippen LogP) is 4.55. The number of benzene rings is 1. The van der Waals surface area contributed by atoms with Crippen molar-refractivity contribution in [3.8, 4) is 0 Å². The van der Waals surface area contributed by atoms with Gasteiger partial charge in [-0.05, 0) is 61.8 Å². The second kappa shape index (κ2) is 6.21. The molecule has 1 aromatic carbocycles. The lowest BCUT2D eigenvalue weighted by Crippen LogP contribution is -2.28. The summed E-state index contributed by atoms with van der Waals surface area (Å²) in [4.78, 5) is 0. The van der Waals surface area contributed by atoms with E-state index in [1.807, 2.05) is 0 Å². The molecule has 0 saturated heterocycles. The standard InChI is InChI=1S/C16H24BrN/c1-3-9-18-15-7-8-16(2,12-15)11-13-5-4-6-14(17)10-13/h4-6,10,15,18H,3,7-9,11-12H2,1-2H3. The second-order valence-electron chi connectivity index (χ2n) is 6.01. The van der Waals surface area contributed by atoms with Crippen molar-refractivity contribution in [3.05, 3.63) is 34.3 Å². The number of hydrogen-bond acceptors (Lipinski definition) is 1. The zero-order valence-corrected chi connectivity index (χ0v) is 13.1. The number of nitrogens with one attached hydrogen (secondary N) is 1. The molecule has 18 heavy (non-hydrogen) atoms. The third kappa shape index (κ3) is 3.83. The third-order valence-corrected chi connectivity index (χ3v) is 4.53. The quantitative estimate of drug-likeness (QED) is 0.841. The SMILES string of the molecule is CCCNC1CCC(C)(Cc2cccc(Br)c2)C1. The number of rotatable bonds is 5. The minimum Gasteiger partial charge on any atom is -0.314 e. The molecule has 0 bridgehead atoms. The molecule has 0 amide bonds. The fourth-order valence-electron chi connectivity index (χ4n) is 3.14. The molecule has 1 aromatic rings. The smallest absolute Gasteiger partial charge is 0.0177 e. The molecule has 1 saturated carbocycles. The second-order valence-corrected chi connectivity index (χ2v) is 6.93. The lowest BCUT2D eigenvalue weighted by molar-refractivity contribution is 0.322. The molecule has 100 valence electrons. The maximum absolute atomic E-state index is 3.67. The molecule has 1 nitrogen and oxygen atoms in total. The van der Waals surface area contributed by atoms with Gasteiger partial charge in [0.1, 0.15) is 0 Å². The highest BCUT2D eigenvalue weighted by Crippen LogP contribution is 2.40. The Morgan fingerprint density at radius 3 is 3.00 bits per heavy atom. The monoisotopic (exact) mass is 309 g/mol. The van der Waals surface area contributed by atoms with Crippen molar-refractivity contribution in [2.75, 3.05) is 6.54 Å². The summed E-state index contributed by atoms with van der Waals surface area (Å²) < 4.78 is 1.20. The minimum atomic E-state index is 0.478. The average molecular weight is 310 g/mol. The topological polar surface area (TPSA) is 12.0 Å². The van der Waals surface area contributed by atoms with Crippen LogP contribution in [-0.2, 0) is 6.42 Å². The van der Waals surface area contributed by atoms with Crippen LogP contribution in [0.25, 0.3) is 0 Å². The van der Waals surface area contributed by atoms with Crippen LogP contribution in [0, 0.1) is 5.41 Å². The Labute approximate surface area is 119 Å². The van der Waals surface area contributed by atoms with Crippen LogP contribution in [0.2, 0.25) is 0 Å². The molecule has 0 aromatic heterocycles. The van der Waals surface area contributed by atoms with Gasteiger partial charge in [-0.1, -0.05) is 41.9 Å². The van der Waals surface area contributed by atoms with Crippen molar-refractivity contribution < 1.29 is 0 Å². The van der Waals surface area contributed by atoms with Gasteiger partial charge in [0.05, 0.1) is 0 Å². The molecule has 1 aliphatic carbocycles. The van der Waals surface area contributed by atoms with E-state index in [-0.39, 0.29) is 0 Å². The van der Waals surface area contributed by atoms with Gasteiger partial charge in [-0.15, -0.1) is 0 Å². The number of halogens is 1. The zero-order chi connectivity index (χ0) is 13.0. The van der Waals surface area contributed by atoms with E-state index in [9.17, 15) is 0 Å². The first-order chi connectivity index (χ1) is 8.61. The highest BCUT2D eigenvalue weighted by Gasteiger charge is 2.34. The molecule has 0 aliphatic heterocycles. The Morgan fingerprint density at radius 1 is 1.44 bits per heavy atom. The van der Waals surface area contributed by atoms with E-state index >= 15 is 0 Å². The molecular weight excluding hydrogens is 286 g/mol. The largest absolute Gasteiger partial charge is 0.314 e. The first-order valence-corrected chi connectivity index (χ1v) is 7.88. The van der Waals surface area contributed by atoms with Gasteiger partial charge >= 0.3 is 0 Å². The van der Waals surface area contributed by atoms with Crippen LogP contribution in [0.5, 0.6) is 0 Å². The van der Waals surface area contributed by atoms with E-state index in [0.717, 1.165) is 12.6 Å². The van der Waals surface area contributed by atoms with Crippen LogP contribution >= 0.6 is 15.9 Å². The highest BCUT2D eigenvalue weighted by atomic mass is 79.9. The Balaban J connectivity index is 1.93. The van der Waals surface area contributed by atoms with Crippen LogP contribution in [0.15, 0.2) is 28.7 Å². The van der Waals surface area contributed by atoms with Gasteiger partial charge in [0.15, 0.2) is 0 Å². The van der Waals surface area contributed by atoms with Crippen molar-refractivity contribution in [1.29, 1.82) is 0 Å². The van der Waals surface area contributed by atoms with Crippen molar-refractivity contribution in [3.63, 3.8) is 0 Å². The van der Waals surface area contributed by atoms with Gasteiger partial charge in [-0.2, -0.15) is 0 Å². The van der Waals surface area contributed by atoms with E-state index in [1.54, 1.807) is 0 Å². The van der Waals surface area contributed by atoms with Gasteiger partial charge in [0.25, 0.3) is 0 Å². The Kier molecular flexibility index (Phi) is 4.85. The maximum atomic E-state index is 3.67. The van der Waals surface area contributed by atoms with E-state index in [4.69, 9.17) is 0 Å². The van der Waals surface area contributed by atoms with Gasteiger partial charge in [-0.25, -0.2) is 0 Å². The van der Waals surface area contributed by atoms with E-state index < -0.39 is 0 Å². The fourth-order valence-corrected chi connectivity index (χ4v) is 3.59. The average Bonchev–Trinajstić information content (AvgIpc) is 2.68. The summed E-state index contributed by atoms with van der Waals surface area (Å²) in [6.07, 6.45) is 6.44. The summed E-state index contributed by atoms with van der Waals surface area (Å²) in [6.45, 7) is 5.85. The van der Waals surface area contributed by atoms with Gasteiger partial charge in [-0.3, -0.25) is 0 Å². The van der Waals surface area contributed by atoms with Crippen LogP contribution in [0.4, 0.5) is 0 Å². The van der Waals surface area contributed by atoms with Crippen molar-refractivity contribution in [2.45, 2.75) is 52.0 Å². The Hall–Kier alpha value is -0.340. The first kappa shape index (κ1) is 14.1.